The topological polar surface area (TPSA) is 84.3 Å². The molecule has 0 aliphatic carbocycles. The van der Waals surface area contributed by atoms with Gasteiger partial charge in [-0.25, -0.2) is 4.39 Å². The SMILES string of the molecule is CC(On1nc(C(=O)Nc2ccc(N3C[C@@H](C)N[C@@H](C)C3)c(F)c2)c2ccccc21)c1c(Cl)cncc1Cl. The van der Waals surface area contributed by atoms with Crippen LogP contribution in [0.2, 0.25) is 10.0 Å². The highest BCUT2D eigenvalue weighted by molar-refractivity contribution is 6.35. The second-order valence-corrected chi connectivity index (χ2v) is 10.3. The number of fused-ring (bicyclic) bond motifs is 1. The standard InChI is InChI=1S/C27H27Cl2FN6O2/c1-15-13-35(14-16(2)32-15)24-9-8-18(10-22(24)30)33-27(37)26-19-6-4-5-7-23(19)36(34-26)38-17(3)25-20(28)11-31-12-21(25)29/h4-12,15-17,32H,13-14H2,1-3H3,(H,33,37)/t15-,16+,17?. The van der Waals surface area contributed by atoms with E-state index >= 15 is 4.39 Å². The zero-order valence-electron chi connectivity index (χ0n) is 21.1. The lowest BCUT2D eigenvalue weighted by atomic mass is 10.1. The lowest BCUT2D eigenvalue weighted by Gasteiger charge is -2.37. The number of aromatic nitrogens is 3. The van der Waals surface area contributed by atoms with E-state index in [0.29, 0.717) is 51.0 Å². The van der Waals surface area contributed by atoms with Crippen molar-refractivity contribution in [2.75, 3.05) is 23.3 Å². The molecule has 2 aromatic carbocycles. The van der Waals surface area contributed by atoms with Gasteiger partial charge in [-0.05, 0) is 45.0 Å². The maximum atomic E-state index is 15.1. The van der Waals surface area contributed by atoms with Crippen LogP contribution in [0.15, 0.2) is 54.9 Å². The molecule has 0 saturated carbocycles. The van der Waals surface area contributed by atoms with E-state index in [9.17, 15) is 4.79 Å². The second kappa shape index (κ2) is 10.8. The number of para-hydroxylation sites is 1. The molecule has 1 unspecified atom stereocenters. The van der Waals surface area contributed by atoms with Crippen molar-refractivity contribution in [2.45, 2.75) is 39.0 Å². The molecular formula is C27H27Cl2FN6O2. The largest absolute Gasteiger partial charge is 0.388 e. The predicted molar refractivity (Wildman–Crippen MR) is 148 cm³/mol. The molecule has 0 spiro atoms. The van der Waals surface area contributed by atoms with Gasteiger partial charge in [0.25, 0.3) is 5.91 Å². The number of hydrogen-bond acceptors (Lipinski definition) is 6. The minimum Gasteiger partial charge on any atom is -0.388 e. The second-order valence-electron chi connectivity index (χ2n) is 9.50. The molecule has 3 heterocycles. The van der Waals surface area contributed by atoms with E-state index in [1.807, 2.05) is 11.0 Å². The molecule has 1 aliphatic heterocycles. The van der Waals surface area contributed by atoms with Crippen LogP contribution in [0.3, 0.4) is 0 Å². The molecular weight excluding hydrogens is 530 g/mol. The third kappa shape index (κ3) is 5.27. The van der Waals surface area contributed by atoms with E-state index in [-0.39, 0.29) is 17.8 Å². The number of hydrogen-bond donors (Lipinski definition) is 2. The Hall–Kier alpha value is -3.40. The molecule has 2 aromatic heterocycles. The van der Waals surface area contributed by atoms with Crippen molar-refractivity contribution in [2.24, 2.45) is 0 Å². The average Bonchev–Trinajstić information content (AvgIpc) is 3.22. The number of piperazine rings is 1. The van der Waals surface area contributed by atoms with Crippen molar-refractivity contribution in [3.63, 3.8) is 0 Å². The first-order chi connectivity index (χ1) is 18.2. The molecule has 198 valence electrons. The maximum Gasteiger partial charge on any atom is 0.276 e. The third-order valence-corrected chi connectivity index (χ3v) is 7.03. The number of carbonyl (C=O) groups excluding carboxylic acids is 1. The van der Waals surface area contributed by atoms with E-state index in [4.69, 9.17) is 28.0 Å². The van der Waals surface area contributed by atoms with Crippen LogP contribution in [0, 0.1) is 5.82 Å². The van der Waals surface area contributed by atoms with E-state index in [1.165, 1.54) is 23.3 Å². The Balaban J connectivity index is 1.38. The van der Waals surface area contributed by atoms with Gasteiger partial charge in [0.15, 0.2) is 11.8 Å². The molecule has 5 rings (SSSR count). The minimum absolute atomic E-state index is 0.133. The summed E-state index contributed by atoms with van der Waals surface area (Å²) in [5.41, 5.74) is 2.10. The fourth-order valence-corrected chi connectivity index (χ4v) is 5.53. The van der Waals surface area contributed by atoms with Gasteiger partial charge >= 0.3 is 0 Å². The molecule has 38 heavy (non-hydrogen) atoms. The molecule has 8 nitrogen and oxygen atoms in total. The highest BCUT2D eigenvalue weighted by Gasteiger charge is 2.25. The fraction of sp³-hybridized carbons (Fsp3) is 0.296. The van der Waals surface area contributed by atoms with Crippen LogP contribution >= 0.6 is 23.2 Å². The Kier molecular flexibility index (Phi) is 7.43. The Morgan fingerprint density at radius 1 is 1.13 bits per heavy atom. The van der Waals surface area contributed by atoms with Crippen LogP contribution in [0.1, 0.15) is 42.9 Å². The number of rotatable bonds is 6. The molecule has 11 heteroatoms. The van der Waals surface area contributed by atoms with Gasteiger partial charge in [0, 0.05) is 54.2 Å². The predicted octanol–water partition coefficient (Wildman–Crippen LogP) is 5.51. The van der Waals surface area contributed by atoms with E-state index in [1.54, 1.807) is 37.3 Å². The summed E-state index contributed by atoms with van der Waals surface area (Å²) in [5, 5.41) is 11.9. The maximum absolute atomic E-state index is 15.1. The van der Waals surface area contributed by atoms with Gasteiger partial charge in [-0.2, -0.15) is 0 Å². The van der Waals surface area contributed by atoms with Crippen LogP contribution < -0.4 is 20.4 Å². The summed E-state index contributed by atoms with van der Waals surface area (Å²) in [5.74, 6) is -0.893. The Morgan fingerprint density at radius 3 is 2.50 bits per heavy atom. The summed E-state index contributed by atoms with van der Waals surface area (Å²) < 4.78 is 15.1. The fourth-order valence-electron chi connectivity index (χ4n) is 4.85. The average molecular weight is 557 g/mol. The molecule has 1 aliphatic rings. The molecule has 0 radical (unpaired) electrons. The number of carbonyl (C=O) groups is 1. The lowest BCUT2D eigenvalue weighted by Crippen LogP contribution is -2.54. The molecule has 2 N–H and O–H groups in total. The zero-order valence-corrected chi connectivity index (χ0v) is 22.6. The number of amides is 1. The number of halogens is 3. The van der Waals surface area contributed by atoms with Crippen molar-refractivity contribution in [1.82, 2.24) is 20.2 Å². The van der Waals surface area contributed by atoms with Crippen molar-refractivity contribution in [3.8, 4) is 0 Å². The van der Waals surface area contributed by atoms with Crippen LogP contribution in [0.4, 0.5) is 15.8 Å². The molecule has 3 atom stereocenters. The highest BCUT2D eigenvalue weighted by atomic mass is 35.5. The third-order valence-electron chi connectivity index (χ3n) is 6.43. The normalized spacial score (nSPS) is 18.4. The van der Waals surface area contributed by atoms with Gasteiger partial charge in [-0.3, -0.25) is 9.78 Å². The van der Waals surface area contributed by atoms with E-state index in [0.717, 1.165) is 0 Å². The summed E-state index contributed by atoms with van der Waals surface area (Å²) >= 11 is 12.6. The Bertz CT molecular complexity index is 1470. The number of benzene rings is 2. The summed E-state index contributed by atoms with van der Waals surface area (Å²) in [6.07, 6.45) is 2.38. The van der Waals surface area contributed by atoms with Gasteiger partial charge in [0.2, 0.25) is 0 Å². The number of anilines is 2. The zero-order chi connectivity index (χ0) is 27.0. The summed E-state index contributed by atoms with van der Waals surface area (Å²) in [4.78, 5) is 26.5. The summed E-state index contributed by atoms with van der Waals surface area (Å²) in [6, 6.07) is 12.4. The first-order valence-corrected chi connectivity index (χ1v) is 13.0. The van der Waals surface area contributed by atoms with Crippen LogP contribution in [-0.2, 0) is 0 Å². The first kappa shape index (κ1) is 26.2. The van der Waals surface area contributed by atoms with Crippen LogP contribution in [0.25, 0.3) is 10.9 Å². The van der Waals surface area contributed by atoms with Crippen molar-refractivity contribution < 1.29 is 14.0 Å². The summed E-state index contributed by atoms with van der Waals surface area (Å²) in [7, 11) is 0. The highest BCUT2D eigenvalue weighted by Crippen LogP contribution is 2.31. The number of nitrogens with one attached hydrogen (secondary N) is 2. The minimum atomic E-state index is -0.589. The van der Waals surface area contributed by atoms with Crippen LogP contribution in [0.5, 0.6) is 0 Å². The van der Waals surface area contributed by atoms with E-state index in [2.05, 4.69) is 34.6 Å². The van der Waals surface area contributed by atoms with Gasteiger partial charge in [-0.15, -0.1) is 5.10 Å². The quantitative estimate of drug-likeness (QED) is 0.326. The molecule has 4 aromatic rings. The lowest BCUT2D eigenvalue weighted by molar-refractivity contribution is 0.0321. The Morgan fingerprint density at radius 2 is 1.82 bits per heavy atom. The molecule has 0 bridgehead atoms. The monoisotopic (exact) mass is 556 g/mol. The Labute approximate surface area is 229 Å². The van der Waals surface area contributed by atoms with Crippen molar-refractivity contribution >= 4 is 51.4 Å². The molecule has 1 amide bonds. The first-order valence-electron chi connectivity index (χ1n) is 12.3. The summed E-state index contributed by atoms with van der Waals surface area (Å²) in [6.45, 7) is 7.32. The van der Waals surface area contributed by atoms with Gasteiger partial charge in [0.1, 0.15) is 11.3 Å². The smallest absolute Gasteiger partial charge is 0.276 e. The van der Waals surface area contributed by atoms with Crippen molar-refractivity contribution in [3.05, 3.63) is 82.0 Å². The van der Waals surface area contributed by atoms with Gasteiger partial charge in [-0.1, -0.05) is 46.2 Å². The van der Waals surface area contributed by atoms with Crippen molar-refractivity contribution in [1.29, 1.82) is 0 Å². The molecule has 1 fully saturated rings. The molecule has 1 saturated heterocycles. The van der Waals surface area contributed by atoms with E-state index < -0.39 is 17.8 Å². The van der Waals surface area contributed by atoms with Gasteiger partial charge in [0.05, 0.1) is 15.7 Å². The number of nitrogens with zero attached hydrogens (tertiary/aromatic N) is 4. The number of pyridine rings is 1. The van der Waals surface area contributed by atoms with Gasteiger partial charge < -0.3 is 20.4 Å². The van der Waals surface area contributed by atoms with Crippen LogP contribution in [-0.4, -0.2) is 46.0 Å².